The van der Waals surface area contributed by atoms with E-state index < -0.39 is 0 Å². The molecule has 4 heteroatoms. The average Bonchev–Trinajstić information content (AvgIpc) is 2.56. The number of ether oxygens (including phenoxy) is 1. The number of nitrogens with one attached hydrogen (secondary N) is 1. The Labute approximate surface area is 126 Å². The van der Waals surface area contributed by atoms with Crippen molar-refractivity contribution in [3.8, 4) is 5.88 Å². The molecule has 2 rings (SSSR count). The molecule has 0 bridgehead atoms. The van der Waals surface area contributed by atoms with E-state index in [2.05, 4.69) is 53.4 Å². The van der Waals surface area contributed by atoms with Gasteiger partial charge in [0.2, 0.25) is 5.88 Å². The third-order valence-electron chi connectivity index (χ3n) is 3.48. The zero-order valence-corrected chi connectivity index (χ0v) is 13.0. The normalized spacial score (nSPS) is 12.1. The zero-order chi connectivity index (χ0) is 15.1. The molecule has 0 aliphatic carbocycles. The van der Waals surface area contributed by atoms with Crippen LogP contribution in [0, 0.1) is 0 Å². The Morgan fingerprint density at radius 3 is 2.43 bits per heavy atom. The van der Waals surface area contributed by atoms with Crippen LogP contribution in [0.15, 0.2) is 36.7 Å². The van der Waals surface area contributed by atoms with Crippen LogP contribution < -0.4 is 10.1 Å². The van der Waals surface area contributed by atoms with Crippen molar-refractivity contribution < 1.29 is 4.74 Å². The zero-order valence-electron chi connectivity index (χ0n) is 13.0. The molecule has 0 radical (unpaired) electrons. The Kier molecular flexibility index (Phi) is 5.69. The lowest BCUT2D eigenvalue weighted by atomic mass is 10.0. The Morgan fingerprint density at radius 2 is 1.81 bits per heavy atom. The maximum absolute atomic E-state index is 5.36. The Bertz CT molecular complexity index is 554. The molecule has 0 saturated heterocycles. The summed E-state index contributed by atoms with van der Waals surface area (Å²) in [4.78, 5) is 8.73. The maximum atomic E-state index is 5.36. The first-order valence-corrected chi connectivity index (χ1v) is 7.47. The molecule has 21 heavy (non-hydrogen) atoms. The standard InChI is InChI=1S/C17H23N3O/c1-4-10-18-15(14-8-6-13(5-2)7-9-14)16-17(21-3)20-12-11-19-16/h6-9,11-12,15,18H,4-5,10H2,1-3H3. The van der Waals surface area contributed by atoms with Gasteiger partial charge in [0.15, 0.2) is 0 Å². The predicted octanol–water partition coefficient (Wildman–Crippen LogP) is 3.14. The van der Waals surface area contributed by atoms with Crippen molar-refractivity contribution in [2.24, 2.45) is 0 Å². The molecular formula is C17H23N3O. The van der Waals surface area contributed by atoms with Crippen LogP contribution >= 0.6 is 0 Å². The molecule has 1 aromatic carbocycles. The van der Waals surface area contributed by atoms with Crippen molar-refractivity contribution >= 4 is 0 Å². The third-order valence-corrected chi connectivity index (χ3v) is 3.48. The number of benzene rings is 1. The molecule has 0 fully saturated rings. The lowest BCUT2D eigenvalue weighted by Crippen LogP contribution is -2.25. The minimum atomic E-state index is -0.000457. The van der Waals surface area contributed by atoms with E-state index in [1.54, 1.807) is 19.5 Å². The van der Waals surface area contributed by atoms with Gasteiger partial charge in [-0.3, -0.25) is 4.98 Å². The van der Waals surface area contributed by atoms with Crippen LogP contribution in [0.25, 0.3) is 0 Å². The van der Waals surface area contributed by atoms with Crippen LogP contribution in [0.3, 0.4) is 0 Å². The highest BCUT2D eigenvalue weighted by Crippen LogP contribution is 2.26. The van der Waals surface area contributed by atoms with Crippen molar-refractivity contribution in [1.82, 2.24) is 15.3 Å². The highest BCUT2D eigenvalue weighted by molar-refractivity contribution is 5.34. The Hall–Kier alpha value is -1.94. The van der Waals surface area contributed by atoms with Gasteiger partial charge in [-0.1, -0.05) is 38.1 Å². The van der Waals surface area contributed by atoms with E-state index in [4.69, 9.17) is 4.74 Å². The molecule has 112 valence electrons. The van der Waals surface area contributed by atoms with Crippen LogP contribution in [-0.2, 0) is 6.42 Å². The first-order chi connectivity index (χ1) is 10.3. The molecule has 4 nitrogen and oxygen atoms in total. The smallest absolute Gasteiger partial charge is 0.237 e. The minimum absolute atomic E-state index is 0.000457. The van der Waals surface area contributed by atoms with Gasteiger partial charge in [-0.25, -0.2) is 4.98 Å². The largest absolute Gasteiger partial charge is 0.480 e. The molecule has 1 unspecified atom stereocenters. The van der Waals surface area contributed by atoms with Crippen molar-refractivity contribution in [3.63, 3.8) is 0 Å². The average molecular weight is 285 g/mol. The van der Waals surface area contributed by atoms with Crippen LogP contribution in [-0.4, -0.2) is 23.6 Å². The van der Waals surface area contributed by atoms with Gasteiger partial charge < -0.3 is 10.1 Å². The molecule has 0 aliphatic heterocycles. The fourth-order valence-electron chi connectivity index (χ4n) is 2.30. The SMILES string of the molecule is CCCNC(c1ccc(CC)cc1)c1nccnc1OC. The maximum Gasteiger partial charge on any atom is 0.237 e. The van der Waals surface area contributed by atoms with Crippen LogP contribution in [0.1, 0.15) is 43.1 Å². The molecule has 0 aliphatic rings. The highest BCUT2D eigenvalue weighted by Gasteiger charge is 2.19. The number of hydrogen-bond acceptors (Lipinski definition) is 4. The molecule has 1 N–H and O–H groups in total. The van der Waals surface area contributed by atoms with Gasteiger partial charge in [0.1, 0.15) is 5.69 Å². The summed E-state index contributed by atoms with van der Waals surface area (Å²) in [6, 6.07) is 8.64. The van der Waals surface area contributed by atoms with Crippen LogP contribution in [0.4, 0.5) is 0 Å². The second kappa shape index (κ2) is 7.74. The number of hydrogen-bond donors (Lipinski definition) is 1. The summed E-state index contributed by atoms with van der Waals surface area (Å²) >= 11 is 0. The topological polar surface area (TPSA) is 47.0 Å². The molecule has 0 amide bonds. The first kappa shape index (κ1) is 15.4. The van der Waals surface area contributed by atoms with E-state index in [9.17, 15) is 0 Å². The van der Waals surface area contributed by atoms with Gasteiger partial charge in [0.25, 0.3) is 0 Å². The summed E-state index contributed by atoms with van der Waals surface area (Å²) in [7, 11) is 1.63. The summed E-state index contributed by atoms with van der Waals surface area (Å²) < 4.78 is 5.36. The summed E-state index contributed by atoms with van der Waals surface area (Å²) in [6.07, 6.45) is 5.46. The van der Waals surface area contributed by atoms with Crippen molar-refractivity contribution in [2.75, 3.05) is 13.7 Å². The summed E-state index contributed by atoms with van der Waals surface area (Å²) in [5.41, 5.74) is 3.34. The molecule has 1 aromatic heterocycles. The minimum Gasteiger partial charge on any atom is -0.480 e. The van der Waals surface area contributed by atoms with E-state index in [-0.39, 0.29) is 6.04 Å². The number of rotatable bonds is 7. The molecule has 2 aromatic rings. The summed E-state index contributed by atoms with van der Waals surface area (Å²) in [5, 5.41) is 3.53. The van der Waals surface area contributed by atoms with Gasteiger partial charge >= 0.3 is 0 Å². The summed E-state index contributed by atoms with van der Waals surface area (Å²) in [6.45, 7) is 5.23. The second-order valence-corrected chi connectivity index (χ2v) is 4.93. The quantitative estimate of drug-likeness (QED) is 0.849. The van der Waals surface area contributed by atoms with E-state index >= 15 is 0 Å². The number of methoxy groups -OCH3 is 1. The summed E-state index contributed by atoms with van der Waals surface area (Å²) in [5.74, 6) is 0.575. The Balaban J connectivity index is 2.36. The van der Waals surface area contributed by atoms with Gasteiger partial charge in [0.05, 0.1) is 13.2 Å². The van der Waals surface area contributed by atoms with Crippen LogP contribution in [0.2, 0.25) is 0 Å². The van der Waals surface area contributed by atoms with E-state index in [1.165, 1.54) is 11.1 Å². The Morgan fingerprint density at radius 1 is 1.10 bits per heavy atom. The van der Waals surface area contributed by atoms with Crippen LogP contribution in [0.5, 0.6) is 5.88 Å². The highest BCUT2D eigenvalue weighted by atomic mass is 16.5. The van der Waals surface area contributed by atoms with E-state index in [1.807, 2.05) is 0 Å². The van der Waals surface area contributed by atoms with Gasteiger partial charge in [-0.05, 0) is 30.5 Å². The van der Waals surface area contributed by atoms with Gasteiger partial charge in [-0.15, -0.1) is 0 Å². The van der Waals surface area contributed by atoms with Crippen molar-refractivity contribution in [1.29, 1.82) is 0 Å². The van der Waals surface area contributed by atoms with Crippen molar-refractivity contribution in [2.45, 2.75) is 32.7 Å². The second-order valence-electron chi connectivity index (χ2n) is 4.93. The molecular weight excluding hydrogens is 262 g/mol. The predicted molar refractivity (Wildman–Crippen MR) is 84.5 cm³/mol. The lowest BCUT2D eigenvalue weighted by Gasteiger charge is -2.20. The van der Waals surface area contributed by atoms with E-state index in [0.29, 0.717) is 5.88 Å². The molecule has 0 saturated carbocycles. The fourth-order valence-corrected chi connectivity index (χ4v) is 2.30. The fraction of sp³-hybridized carbons (Fsp3) is 0.412. The molecule has 0 spiro atoms. The van der Waals surface area contributed by atoms with E-state index in [0.717, 1.165) is 25.1 Å². The number of aromatic nitrogens is 2. The molecule has 1 atom stereocenters. The first-order valence-electron chi connectivity index (χ1n) is 7.47. The third kappa shape index (κ3) is 3.79. The van der Waals surface area contributed by atoms with Gasteiger partial charge in [0, 0.05) is 12.4 Å². The number of aryl methyl sites for hydroxylation is 1. The monoisotopic (exact) mass is 285 g/mol. The van der Waals surface area contributed by atoms with Crippen molar-refractivity contribution in [3.05, 3.63) is 53.5 Å². The number of nitrogens with zero attached hydrogens (tertiary/aromatic N) is 2. The van der Waals surface area contributed by atoms with Gasteiger partial charge in [-0.2, -0.15) is 0 Å². The lowest BCUT2D eigenvalue weighted by molar-refractivity contribution is 0.382. The molecule has 1 heterocycles.